The number of carbonyl (C=O) groups excluding carboxylic acids is 1. The lowest BCUT2D eigenvalue weighted by atomic mass is 10.2. The third-order valence-corrected chi connectivity index (χ3v) is 3.96. The molecule has 1 aliphatic heterocycles. The van der Waals surface area contributed by atoms with Crippen molar-refractivity contribution in [2.24, 2.45) is 0 Å². The molecule has 1 unspecified atom stereocenters. The molecule has 0 aliphatic carbocycles. The highest BCUT2D eigenvalue weighted by Crippen LogP contribution is 2.29. The molecule has 1 saturated heterocycles. The van der Waals surface area contributed by atoms with Gasteiger partial charge in [0, 0.05) is 11.9 Å². The summed E-state index contributed by atoms with van der Waals surface area (Å²) >= 11 is 11.8. The molecule has 5 nitrogen and oxygen atoms in total. The lowest BCUT2D eigenvalue weighted by molar-refractivity contribution is -0.117. The van der Waals surface area contributed by atoms with Gasteiger partial charge in [-0.1, -0.05) is 23.2 Å². The zero-order chi connectivity index (χ0) is 16.2. The molecule has 2 heterocycles. The number of hydrogen-bond donors (Lipinski definition) is 2. The maximum atomic E-state index is 12.0. The smallest absolute Gasteiger partial charge is 0.241 e. The van der Waals surface area contributed by atoms with Crippen LogP contribution in [0, 0.1) is 0 Å². The molecule has 2 aromatic rings. The Labute approximate surface area is 168 Å². The van der Waals surface area contributed by atoms with Gasteiger partial charge in [0.25, 0.3) is 0 Å². The SMILES string of the molecule is Cl.Cl.O=C(Nc1ccc(Oc2ncc(Cl)cc2Cl)cc1)C1CCCN1. The normalized spacial score (nSPS) is 15.7. The summed E-state index contributed by atoms with van der Waals surface area (Å²) in [6.45, 7) is 0.889. The van der Waals surface area contributed by atoms with Gasteiger partial charge in [0.2, 0.25) is 11.8 Å². The second-order valence-electron chi connectivity index (χ2n) is 5.21. The van der Waals surface area contributed by atoms with E-state index in [1.807, 2.05) is 0 Å². The second kappa shape index (κ2) is 10.0. The second-order valence-corrected chi connectivity index (χ2v) is 6.05. The van der Waals surface area contributed by atoms with Crippen LogP contribution in [-0.2, 0) is 4.79 Å². The van der Waals surface area contributed by atoms with E-state index in [-0.39, 0.29) is 42.6 Å². The van der Waals surface area contributed by atoms with Gasteiger partial charge in [-0.2, -0.15) is 0 Å². The van der Waals surface area contributed by atoms with Crippen molar-refractivity contribution in [3.63, 3.8) is 0 Å². The van der Waals surface area contributed by atoms with E-state index in [4.69, 9.17) is 27.9 Å². The Bertz CT molecular complexity index is 707. The van der Waals surface area contributed by atoms with Crippen LogP contribution in [0.2, 0.25) is 10.0 Å². The lowest BCUT2D eigenvalue weighted by Gasteiger charge is -2.12. The van der Waals surface area contributed by atoms with Crippen LogP contribution in [0.25, 0.3) is 0 Å². The first-order chi connectivity index (χ1) is 11.1. The predicted octanol–water partition coefficient (Wildman–Crippen LogP) is 4.71. The number of rotatable bonds is 4. The number of nitrogens with zero attached hydrogens (tertiary/aromatic N) is 1. The van der Waals surface area contributed by atoms with E-state index in [1.165, 1.54) is 6.20 Å². The summed E-state index contributed by atoms with van der Waals surface area (Å²) in [4.78, 5) is 16.1. The largest absolute Gasteiger partial charge is 0.438 e. The molecule has 1 amide bonds. The van der Waals surface area contributed by atoms with Gasteiger partial charge in [0.05, 0.1) is 11.1 Å². The fourth-order valence-electron chi connectivity index (χ4n) is 2.33. The summed E-state index contributed by atoms with van der Waals surface area (Å²) in [6.07, 6.45) is 3.36. The van der Waals surface area contributed by atoms with E-state index < -0.39 is 0 Å². The van der Waals surface area contributed by atoms with Gasteiger partial charge in [0.1, 0.15) is 10.8 Å². The van der Waals surface area contributed by atoms with Crippen LogP contribution in [0.3, 0.4) is 0 Å². The van der Waals surface area contributed by atoms with E-state index in [9.17, 15) is 4.79 Å². The molecule has 1 aromatic carbocycles. The van der Waals surface area contributed by atoms with E-state index in [2.05, 4.69) is 15.6 Å². The number of amides is 1. The van der Waals surface area contributed by atoms with Crippen molar-refractivity contribution in [2.45, 2.75) is 18.9 Å². The van der Waals surface area contributed by atoms with Gasteiger partial charge in [-0.05, 0) is 49.7 Å². The molecular formula is C16H17Cl4N3O2. The standard InChI is InChI=1S/C16H15Cl2N3O2.2ClH/c17-10-8-13(18)16(20-9-10)23-12-5-3-11(4-6-12)21-15(22)14-2-1-7-19-14;;/h3-6,8-9,14,19H,1-2,7H2,(H,21,22);2*1H. The molecule has 1 fully saturated rings. The number of benzene rings is 1. The Morgan fingerprint density at radius 3 is 2.56 bits per heavy atom. The van der Waals surface area contributed by atoms with Gasteiger partial charge < -0.3 is 15.4 Å². The number of halogens is 4. The Morgan fingerprint density at radius 1 is 1.24 bits per heavy atom. The van der Waals surface area contributed by atoms with Crippen molar-refractivity contribution in [1.82, 2.24) is 10.3 Å². The summed E-state index contributed by atoms with van der Waals surface area (Å²) < 4.78 is 5.60. The number of ether oxygens (including phenoxy) is 1. The van der Waals surface area contributed by atoms with E-state index in [1.54, 1.807) is 30.3 Å². The molecule has 25 heavy (non-hydrogen) atoms. The first-order valence-electron chi connectivity index (χ1n) is 7.25. The first kappa shape index (κ1) is 21.8. The third-order valence-electron chi connectivity index (χ3n) is 3.49. The van der Waals surface area contributed by atoms with Crippen LogP contribution >= 0.6 is 48.0 Å². The molecule has 1 atom stereocenters. The lowest BCUT2D eigenvalue weighted by Crippen LogP contribution is -2.35. The maximum absolute atomic E-state index is 12.0. The van der Waals surface area contributed by atoms with Crippen LogP contribution in [0.15, 0.2) is 36.5 Å². The Morgan fingerprint density at radius 2 is 1.96 bits per heavy atom. The summed E-state index contributed by atoms with van der Waals surface area (Å²) in [7, 11) is 0. The van der Waals surface area contributed by atoms with Crippen LogP contribution < -0.4 is 15.4 Å². The minimum atomic E-state index is -0.108. The van der Waals surface area contributed by atoms with Gasteiger partial charge in [0.15, 0.2) is 0 Å². The monoisotopic (exact) mass is 423 g/mol. The van der Waals surface area contributed by atoms with Gasteiger partial charge in [-0.15, -0.1) is 24.8 Å². The van der Waals surface area contributed by atoms with Crippen molar-refractivity contribution in [2.75, 3.05) is 11.9 Å². The third kappa shape index (κ3) is 5.90. The van der Waals surface area contributed by atoms with Crippen molar-refractivity contribution in [3.05, 3.63) is 46.6 Å². The number of hydrogen-bond acceptors (Lipinski definition) is 4. The summed E-state index contributed by atoms with van der Waals surface area (Å²) in [5.41, 5.74) is 0.714. The first-order valence-corrected chi connectivity index (χ1v) is 8.00. The molecule has 2 N–H and O–H groups in total. The zero-order valence-electron chi connectivity index (χ0n) is 13.0. The number of aromatic nitrogens is 1. The number of carbonyl (C=O) groups is 1. The zero-order valence-corrected chi connectivity index (χ0v) is 16.1. The Balaban J connectivity index is 0.00000156. The van der Waals surface area contributed by atoms with Crippen molar-refractivity contribution in [1.29, 1.82) is 0 Å². The van der Waals surface area contributed by atoms with E-state index in [0.29, 0.717) is 21.5 Å². The van der Waals surface area contributed by atoms with Crippen LogP contribution in [0.4, 0.5) is 5.69 Å². The van der Waals surface area contributed by atoms with Gasteiger partial charge >= 0.3 is 0 Å². The molecule has 0 radical (unpaired) electrons. The molecule has 1 aliphatic rings. The molecule has 3 rings (SSSR count). The quantitative estimate of drug-likeness (QED) is 0.745. The highest BCUT2D eigenvalue weighted by atomic mass is 35.5. The van der Waals surface area contributed by atoms with Crippen molar-refractivity contribution >= 4 is 59.6 Å². The highest BCUT2D eigenvalue weighted by molar-refractivity contribution is 6.35. The summed E-state index contributed by atoms with van der Waals surface area (Å²) in [5.74, 6) is 0.834. The topological polar surface area (TPSA) is 63.2 Å². The van der Waals surface area contributed by atoms with Crippen LogP contribution in [0.1, 0.15) is 12.8 Å². The molecule has 0 bridgehead atoms. The number of nitrogens with one attached hydrogen (secondary N) is 2. The average molecular weight is 425 g/mol. The molecular weight excluding hydrogens is 408 g/mol. The van der Waals surface area contributed by atoms with Gasteiger partial charge in [-0.25, -0.2) is 4.98 Å². The van der Waals surface area contributed by atoms with Crippen LogP contribution in [0.5, 0.6) is 11.6 Å². The number of anilines is 1. The molecule has 9 heteroatoms. The van der Waals surface area contributed by atoms with Crippen molar-refractivity contribution in [3.8, 4) is 11.6 Å². The molecule has 136 valence electrons. The maximum Gasteiger partial charge on any atom is 0.241 e. The van der Waals surface area contributed by atoms with E-state index >= 15 is 0 Å². The van der Waals surface area contributed by atoms with Crippen molar-refractivity contribution < 1.29 is 9.53 Å². The summed E-state index contributed by atoms with van der Waals surface area (Å²) in [6, 6.07) is 8.48. The van der Waals surface area contributed by atoms with Gasteiger partial charge in [-0.3, -0.25) is 4.79 Å². The highest BCUT2D eigenvalue weighted by Gasteiger charge is 2.21. The van der Waals surface area contributed by atoms with Crippen LogP contribution in [-0.4, -0.2) is 23.5 Å². The fraction of sp³-hybridized carbons (Fsp3) is 0.250. The average Bonchev–Trinajstić information content (AvgIpc) is 3.06. The predicted molar refractivity (Wildman–Crippen MR) is 105 cm³/mol. The summed E-state index contributed by atoms with van der Waals surface area (Å²) in [5, 5.41) is 6.82. The Kier molecular flexibility index (Phi) is 8.76. The Hall–Kier alpha value is -1.24. The van der Waals surface area contributed by atoms with E-state index in [0.717, 1.165) is 19.4 Å². The molecule has 1 aromatic heterocycles. The number of pyridine rings is 1. The molecule has 0 spiro atoms. The molecule has 0 saturated carbocycles. The minimum absolute atomic E-state index is 0. The fourth-order valence-corrected chi connectivity index (χ4v) is 2.75. The minimum Gasteiger partial charge on any atom is -0.438 e.